The van der Waals surface area contributed by atoms with E-state index in [-0.39, 0.29) is 16.9 Å². The molecule has 0 saturated carbocycles. The molecular weight excluding hydrogens is 305 g/mol. The van der Waals surface area contributed by atoms with Crippen LogP contribution in [0.1, 0.15) is 42.2 Å². The normalized spacial score (nSPS) is 11.4. The minimum Gasteiger partial charge on any atom is -0.493 e. The lowest BCUT2D eigenvalue weighted by atomic mass is 9.89. The van der Waals surface area contributed by atoms with Gasteiger partial charge in [-0.1, -0.05) is 19.9 Å². The molecule has 4 nitrogen and oxygen atoms in total. The Morgan fingerprint density at radius 3 is 2.86 bits per heavy atom. The van der Waals surface area contributed by atoms with Gasteiger partial charge in [0.1, 0.15) is 11.6 Å². The lowest BCUT2D eigenvalue weighted by Gasteiger charge is -2.21. The van der Waals surface area contributed by atoms with E-state index >= 15 is 0 Å². The highest BCUT2D eigenvalue weighted by atomic mass is 32.1. The highest BCUT2D eigenvalue weighted by Crippen LogP contribution is 2.31. The molecule has 0 aliphatic carbocycles. The molecule has 0 atom stereocenters. The molecule has 6 heteroatoms. The van der Waals surface area contributed by atoms with E-state index in [0.717, 1.165) is 17.8 Å². The van der Waals surface area contributed by atoms with Crippen molar-refractivity contribution >= 4 is 17.3 Å². The zero-order valence-electron chi connectivity index (χ0n) is 12.5. The van der Waals surface area contributed by atoms with Gasteiger partial charge in [-0.25, -0.2) is 14.2 Å². The second-order valence-corrected chi connectivity index (χ2v) is 6.49. The fourth-order valence-corrected chi connectivity index (χ4v) is 3.00. The van der Waals surface area contributed by atoms with Gasteiger partial charge in [-0.3, -0.25) is 0 Å². The number of nitrogens with zero attached hydrogens (tertiary/aromatic N) is 1. The van der Waals surface area contributed by atoms with Gasteiger partial charge < -0.3 is 9.84 Å². The number of halogens is 1. The van der Waals surface area contributed by atoms with Crippen LogP contribution in [0.3, 0.4) is 0 Å². The van der Waals surface area contributed by atoms with Crippen molar-refractivity contribution < 1.29 is 19.0 Å². The van der Waals surface area contributed by atoms with Crippen molar-refractivity contribution in [2.24, 2.45) is 0 Å². The van der Waals surface area contributed by atoms with E-state index < -0.39 is 5.97 Å². The summed E-state index contributed by atoms with van der Waals surface area (Å²) in [5, 5.41) is 11.3. The molecule has 0 spiro atoms. The lowest BCUT2D eigenvalue weighted by Crippen LogP contribution is -2.18. The number of hydrogen-bond donors (Lipinski definition) is 1. The van der Waals surface area contributed by atoms with Gasteiger partial charge in [0, 0.05) is 16.9 Å². The molecule has 1 aromatic heterocycles. The van der Waals surface area contributed by atoms with E-state index in [2.05, 4.69) is 4.98 Å². The Hall–Kier alpha value is -1.95. The molecule has 0 unspecified atom stereocenters. The van der Waals surface area contributed by atoms with Crippen LogP contribution in [0.25, 0.3) is 0 Å². The largest absolute Gasteiger partial charge is 0.493 e. The Balaban J connectivity index is 1.85. The van der Waals surface area contributed by atoms with Gasteiger partial charge in [0.05, 0.1) is 11.6 Å². The first-order valence-electron chi connectivity index (χ1n) is 6.96. The van der Waals surface area contributed by atoms with E-state index in [0.29, 0.717) is 12.4 Å². The van der Waals surface area contributed by atoms with Crippen LogP contribution in [0.15, 0.2) is 29.6 Å². The average molecular weight is 323 g/mol. The van der Waals surface area contributed by atoms with Crippen LogP contribution in [0, 0.1) is 5.82 Å². The summed E-state index contributed by atoms with van der Waals surface area (Å²) in [4.78, 5) is 15.0. The number of thiazole rings is 1. The molecule has 1 aromatic carbocycles. The summed E-state index contributed by atoms with van der Waals surface area (Å²) in [6, 6.07) is 6.05. The molecule has 2 aromatic rings. The Labute approximate surface area is 132 Å². The van der Waals surface area contributed by atoms with Crippen LogP contribution in [-0.2, 0) is 5.41 Å². The van der Waals surface area contributed by atoms with Crippen LogP contribution in [0.2, 0.25) is 0 Å². The van der Waals surface area contributed by atoms with E-state index in [1.54, 1.807) is 17.5 Å². The van der Waals surface area contributed by atoms with Crippen molar-refractivity contribution in [2.45, 2.75) is 32.1 Å². The van der Waals surface area contributed by atoms with Crippen molar-refractivity contribution in [3.63, 3.8) is 0 Å². The zero-order valence-corrected chi connectivity index (χ0v) is 13.3. The number of aromatic nitrogens is 1. The molecule has 0 aliphatic rings. The molecule has 0 aliphatic heterocycles. The summed E-state index contributed by atoms with van der Waals surface area (Å²) in [6.45, 7) is 4.53. The number of benzene rings is 1. The Morgan fingerprint density at radius 2 is 2.23 bits per heavy atom. The number of hydrogen-bond acceptors (Lipinski definition) is 4. The standard InChI is InChI=1S/C16H18FNO3S/c1-16(2,15-18-13(10-22-15)14(19)20)7-4-8-21-12-6-3-5-11(17)9-12/h3,5-6,9-10H,4,7-8H2,1-2H3,(H,19,20). The minimum absolute atomic E-state index is 0.0871. The number of ether oxygens (including phenoxy) is 1. The van der Waals surface area contributed by atoms with Crippen molar-refractivity contribution in [1.82, 2.24) is 4.98 Å². The van der Waals surface area contributed by atoms with Crippen LogP contribution in [0.4, 0.5) is 4.39 Å². The molecule has 0 radical (unpaired) electrons. The maximum atomic E-state index is 13.0. The average Bonchev–Trinajstić information content (AvgIpc) is 2.94. The Kier molecular flexibility index (Phi) is 5.13. The summed E-state index contributed by atoms with van der Waals surface area (Å²) in [7, 11) is 0. The third-order valence-electron chi connectivity index (χ3n) is 3.31. The summed E-state index contributed by atoms with van der Waals surface area (Å²) in [5.74, 6) is -0.810. The smallest absolute Gasteiger partial charge is 0.355 e. The number of carboxylic acids is 1. The molecule has 1 N–H and O–H groups in total. The van der Waals surface area contributed by atoms with Gasteiger partial charge in [-0.05, 0) is 25.0 Å². The molecule has 0 bridgehead atoms. The molecule has 22 heavy (non-hydrogen) atoms. The quantitative estimate of drug-likeness (QED) is 0.779. The van der Waals surface area contributed by atoms with Crippen molar-refractivity contribution in [2.75, 3.05) is 6.61 Å². The first-order chi connectivity index (χ1) is 10.4. The summed E-state index contributed by atoms with van der Waals surface area (Å²) < 4.78 is 18.5. The third kappa shape index (κ3) is 4.27. The maximum absolute atomic E-state index is 13.0. The van der Waals surface area contributed by atoms with Gasteiger partial charge in [0.25, 0.3) is 0 Å². The van der Waals surface area contributed by atoms with Crippen LogP contribution >= 0.6 is 11.3 Å². The van der Waals surface area contributed by atoms with E-state index in [4.69, 9.17) is 9.84 Å². The van der Waals surface area contributed by atoms with Gasteiger partial charge >= 0.3 is 5.97 Å². The highest BCUT2D eigenvalue weighted by molar-refractivity contribution is 7.10. The minimum atomic E-state index is -1.01. The van der Waals surface area contributed by atoms with Crippen molar-refractivity contribution in [3.05, 3.63) is 46.2 Å². The van der Waals surface area contributed by atoms with Crippen LogP contribution < -0.4 is 4.74 Å². The number of rotatable bonds is 7. The monoisotopic (exact) mass is 323 g/mol. The molecule has 118 valence electrons. The lowest BCUT2D eigenvalue weighted by molar-refractivity contribution is 0.0691. The molecular formula is C16H18FNO3S. The van der Waals surface area contributed by atoms with Crippen LogP contribution in [0.5, 0.6) is 5.75 Å². The van der Waals surface area contributed by atoms with Crippen molar-refractivity contribution in [3.8, 4) is 5.75 Å². The molecule has 0 saturated heterocycles. The fourth-order valence-electron chi connectivity index (χ4n) is 2.05. The fraction of sp³-hybridized carbons (Fsp3) is 0.375. The SMILES string of the molecule is CC(C)(CCCOc1cccc(F)c1)c1nc(C(=O)O)cs1. The molecule has 0 fully saturated rings. The summed E-state index contributed by atoms with van der Waals surface area (Å²) >= 11 is 1.36. The highest BCUT2D eigenvalue weighted by Gasteiger charge is 2.25. The number of carboxylic acid groups (broad SMARTS) is 1. The number of aromatic carboxylic acids is 1. The first-order valence-corrected chi connectivity index (χ1v) is 7.84. The molecule has 1 heterocycles. The topological polar surface area (TPSA) is 59.4 Å². The summed E-state index contributed by atoms with van der Waals surface area (Å²) in [5.41, 5.74) is -0.131. The van der Waals surface area contributed by atoms with Gasteiger partial charge in [0.15, 0.2) is 5.69 Å². The second kappa shape index (κ2) is 6.87. The maximum Gasteiger partial charge on any atom is 0.355 e. The predicted molar refractivity (Wildman–Crippen MR) is 83.2 cm³/mol. The zero-order chi connectivity index (χ0) is 16.2. The first kappa shape index (κ1) is 16.4. The Bertz CT molecular complexity index is 654. The van der Waals surface area contributed by atoms with Gasteiger partial charge in [-0.15, -0.1) is 11.3 Å². The van der Waals surface area contributed by atoms with E-state index in [1.165, 1.54) is 23.5 Å². The van der Waals surface area contributed by atoms with E-state index in [1.807, 2.05) is 13.8 Å². The van der Waals surface area contributed by atoms with E-state index in [9.17, 15) is 9.18 Å². The van der Waals surface area contributed by atoms with Crippen molar-refractivity contribution in [1.29, 1.82) is 0 Å². The summed E-state index contributed by atoms with van der Waals surface area (Å²) in [6.07, 6.45) is 1.57. The van der Waals surface area contributed by atoms with Gasteiger partial charge in [0.2, 0.25) is 0 Å². The molecule has 2 rings (SSSR count). The molecule has 0 amide bonds. The third-order valence-corrected chi connectivity index (χ3v) is 4.52. The Morgan fingerprint density at radius 1 is 1.45 bits per heavy atom. The predicted octanol–water partition coefficient (Wildman–Crippen LogP) is 4.12. The van der Waals surface area contributed by atoms with Gasteiger partial charge in [-0.2, -0.15) is 0 Å². The second-order valence-electron chi connectivity index (χ2n) is 5.64. The number of carbonyl (C=O) groups is 1. The van der Waals surface area contributed by atoms with Crippen LogP contribution in [-0.4, -0.2) is 22.7 Å².